The SMILES string of the molecule is Cc1cc(N2CCCC(C)CC2)c(Br)cc1N. The third kappa shape index (κ3) is 2.95. The predicted octanol–water partition coefficient (Wildman–Crippen LogP) is 3.97. The number of rotatable bonds is 1. The molecule has 94 valence electrons. The third-order valence-electron chi connectivity index (χ3n) is 3.69. The van der Waals surface area contributed by atoms with Crippen LogP contribution in [0.15, 0.2) is 16.6 Å². The quantitative estimate of drug-likeness (QED) is 0.795. The van der Waals surface area contributed by atoms with Gasteiger partial charge in [0.2, 0.25) is 0 Å². The van der Waals surface area contributed by atoms with Gasteiger partial charge in [-0.1, -0.05) is 6.92 Å². The van der Waals surface area contributed by atoms with Crippen LogP contribution in [0.3, 0.4) is 0 Å². The van der Waals surface area contributed by atoms with Crippen LogP contribution in [-0.4, -0.2) is 13.1 Å². The summed E-state index contributed by atoms with van der Waals surface area (Å²) < 4.78 is 1.12. The van der Waals surface area contributed by atoms with E-state index in [0.717, 1.165) is 29.2 Å². The standard InChI is InChI=1S/C14H21BrN2/c1-10-4-3-6-17(7-5-10)14-8-11(2)13(16)9-12(14)15/h8-10H,3-7,16H2,1-2H3. The molecule has 0 spiro atoms. The molecule has 0 bridgehead atoms. The number of aryl methyl sites for hydroxylation is 1. The number of nitrogens with zero attached hydrogens (tertiary/aromatic N) is 1. The van der Waals surface area contributed by atoms with Gasteiger partial charge in [-0.15, -0.1) is 0 Å². The van der Waals surface area contributed by atoms with Gasteiger partial charge in [-0.25, -0.2) is 0 Å². The van der Waals surface area contributed by atoms with Gasteiger partial charge in [0.25, 0.3) is 0 Å². The minimum absolute atomic E-state index is 0.855. The normalized spacial score (nSPS) is 21.4. The van der Waals surface area contributed by atoms with Crippen LogP contribution in [0.2, 0.25) is 0 Å². The highest BCUT2D eigenvalue weighted by molar-refractivity contribution is 9.10. The first-order valence-corrected chi connectivity index (χ1v) is 7.18. The largest absolute Gasteiger partial charge is 0.398 e. The van der Waals surface area contributed by atoms with E-state index in [2.05, 4.69) is 40.7 Å². The molecule has 1 aliphatic rings. The molecule has 2 nitrogen and oxygen atoms in total. The Morgan fingerprint density at radius 1 is 1.29 bits per heavy atom. The van der Waals surface area contributed by atoms with Crippen molar-refractivity contribution in [1.82, 2.24) is 0 Å². The van der Waals surface area contributed by atoms with Crippen molar-refractivity contribution >= 4 is 27.3 Å². The molecule has 0 amide bonds. The first-order chi connectivity index (χ1) is 8.08. The zero-order valence-corrected chi connectivity index (χ0v) is 12.3. The summed E-state index contributed by atoms with van der Waals surface area (Å²) in [5.74, 6) is 0.855. The van der Waals surface area contributed by atoms with E-state index in [4.69, 9.17) is 5.73 Å². The van der Waals surface area contributed by atoms with Gasteiger partial charge in [0, 0.05) is 23.2 Å². The van der Waals surface area contributed by atoms with Gasteiger partial charge in [-0.3, -0.25) is 0 Å². The highest BCUT2D eigenvalue weighted by atomic mass is 79.9. The van der Waals surface area contributed by atoms with E-state index in [1.54, 1.807) is 0 Å². The van der Waals surface area contributed by atoms with Crippen molar-refractivity contribution in [2.24, 2.45) is 5.92 Å². The van der Waals surface area contributed by atoms with Gasteiger partial charge < -0.3 is 10.6 Å². The summed E-state index contributed by atoms with van der Waals surface area (Å²) in [6.45, 7) is 6.74. The molecule has 0 aromatic heterocycles. The van der Waals surface area contributed by atoms with Crippen LogP contribution >= 0.6 is 15.9 Å². The molecule has 3 heteroatoms. The second-order valence-corrected chi connectivity index (χ2v) is 6.04. The molecule has 2 rings (SSSR count). The number of anilines is 2. The highest BCUT2D eigenvalue weighted by Gasteiger charge is 2.16. The molecule has 1 aromatic rings. The Morgan fingerprint density at radius 2 is 2.06 bits per heavy atom. The predicted molar refractivity (Wildman–Crippen MR) is 78.5 cm³/mol. The minimum Gasteiger partial charge on any atom is -0.398 e. The molecule has 17 heavy (non-hydrogen) atoms. The molecule has 0 radical (unpaired) electrons. The summed E-state index contributed by atoms with van der Waals surface area (Å²) in [6, 6.07) is 4.23. The van der Waals surface area contributed by atoms with Crippen LogP contribution in [0, 0.1) is 12.8 Å². The molecule has 0 saturated carbocycles. The number of nitrogens with two attached hydrogens (primary N) is 1. The average Bonchev–Trinajstić information content (AvgIpc) is 2.49. The van der Waals surface area contributed by atoms with E-state index < -0.39 is 0 Å². The molecule has 1 saturated heterocycles. The molecular formula is C14H21BrN2. The van der Waals surface area contributed by atoms with E-state index in [9.17, 15) is 0 Å². The summed E-state index contributed by atoms with van der Waals surface area (Å²) in [6.07, 6.45) is 3.93. The van der Waals surface area contributed by atoms with Gasteiger partial charge >= 0.3 is 0 Å². The fourth-order valence-corrected chi connectivity index (χ4v) is 3.04. The molecule has 1 atom stereocenters. The number of hydrogen-bond acceptors (Lipinski definition) is 2. The summed E-state index contributed by atoms with van der Waals surface area (Å²) in [5.41, 5.74) is 9.25. The van der Waals surface area contributed by atoms with Gasteiger partial charge in [0.1, 0.15) is 0 Å². The van der Waals surface area contributed by atoms with E-state index in [1.807, 2.05) is 6.07 Å². The lowest BCUT2D eigenvalue weighted by atomic mass is 10.0. The van der Waals surface area contributed by atoms with Crippen molar-refractivity contribution in [1.29, 1.82) is 0 Å². The van der Waals surface area contributed by atoms with E-state index >= 15 is 0 Å². The van der Waals surface area contributed by atoms with Crippen LogP contribution in [0.25, 0.3) is 0 Å². The fraction of sp³-hybridized carbons (Fsp3) is 0.571. The summed E-state index contributed by atoms with van der Waals surface area (Å²) in [4.78, 5) is 2.49. The molecule has 1 heterocycles. The molecular weight excluding hydrogens is 276 g/mol. The zero-order chi connectivity index (χ0) is 12.4. The molecule has 1 fully saturated rings. The Kier molecular flexibility index (Phi) is 3.97. The van der Waals surface area contributed by atoms with E-state index in [0.29, 0.717) is 0 Å². The molecule has 1 aliphatic heterocycles. The van der Waals surface area contributed by atoms with Crippen molar-refractivity contribution in [2.45, 2.75) is 33.1 Å². The molecule has 2 N–H and O–H groups in total. The van der Waals surface area contributed by atoms with E-state index in [-0.39, 0.29) is 0 Å². The Bertz CT molecular complexity index is 403. The Hall–Kier alpha value is -0.700. The second kappa shape index (κ2) is 5.30. The van der Waals surface area contributed by atoms with Crippen molar-refractivity contribution < 1.29 is 0 Å². The Balaban J connectivity index is 2.24. The monoisotopic (exact) mass is 296 g/mol. The topological polar surface area (TPSA) is 29.3 Å². The van der Waals surface area contributed by atoms with Gasteiger partial charge in [0.15, 0.2) is 0 Å². The van der Waals surface area contributed by atoms with Crippen molar-refractivity contribution in [3.63, 3.8) is 0 Å². The first kappa shape index (κ1) is 12.7. The number of hydrogen-bond donors (Lipinski definition) is 1. The average molecular weight is 297 g/mol. The van der Waals surface area contributed by atoms with Crippen LogP contribution < -0.4 is 10.6 Å². The van der Waals surface area contributed by atoms with Gasteiger partial charge in [-0.2, -0.15) is 0 Å². The number of nitrogen functional groups attached to an aromatic ring is 1. The Morgan fingerprint density at radius 3 is 2.82 bits per heavy atom. The lowest BCUT2D eigenvalue weighted by molar-refractivity contribution is 0.521. The number of benzene rings is 1. The molecule has 1 aromatic carbocycles. The van der Waals surface area contributed by atoms with Crippen molar-refractivity contribution in [3.05, 3.63) is 22.2 Å². The summed E-state index contributed by atoms with van der Waals surface area (Å²) in [7, 11) is 0. The van der Waals surface area contributed by atoms with Crippen LogP contribution in [0.1, 0.15) is 31.7 Å². The lowest BCUT2D eigenvalue weighted by Gasteiger charge is -2.25. The summed E-state index contributed by atoms with van der Waals surface area (Å²) >= 11 is 3.64. The summed E-state index contributed by atoms with van der Waals surface area (Å²) in [5, 5.41) is 0. The maximum Gasteiger partial charge on any atom is 0.0514 e. The third-order valence-corrected chi connectivity index (χ3v) is 4.33. The van der Waals surface area contributed by atoms with Crippen LogP contribution in [0.4, 0.5) is 11.4 Å². The smallest absolute Gasteiger partial charge is 0.0514 e. The first-order valence-electron chi connectivity index (χ1n) is 6.38. The fourth-order valence-electron chi connectivity index (χ4n) is 2.43. The maximum absolute atomic E-state index is 5.92. The van der Waals surface area contributed by atoms with Crippen molar-refractivity contribution in [2.75, 3.05) is 23.7 Å². The van der Waals surface area contributed by atoms with Crippen LogP contribution in [-0.2, 0) is 0 Å². The minimum atomic E-state index is 0.855. The molecule has 1 unspecified atom stereocenters. The van der Waals surface area contributed by atoms with Crippen LogP contribution in [0.5, 0.6) is 0 Å². The number of halogens is 1. The lowest BCUT2D eigenvalue weighted by Crippen LogP contribution is -2.24. The van der Waals surface area contributed by atoms with E-state index in [1.165, 1.54) is 30.5 Å². The van der Waals surface area contributed by atoms with Crippen molar-refractivity contribution in [3.8, 4) is 0 Å². The van der Waals surface area contributed by atoms with Gasteiger partial charge in [-0.05, 0) is 65.7 Å². The maximum atomic E-state index is 5.92. The highest BCUT2D eigenvalue weighted by Crippen LogP contribution is 2.32. The zero-order valence-electron chi connectivity index (χ0n) is 10.7. The second-order valence-electron chi connectivity index (χ2n) is 5.18. The molecule has 0 aliphatic carbocycles. The van der Waals surface area contributed by atoms with Gasteiger partial charge in [0.05, 0.1) is 5.69 Å². The Labute approximate surface area is 112 Å².